The molecule has 1 unspecified atom stereocenters. The third-order valence-electron chi connectivity index (χ3n) is 4.41. The molecule has 1 aliphatic rings. The van der Waals surface area contributed by atoms with Crippen LogP contribution < -0.4 is 16.4 Å². The second-order valence-corrected chi connectivity index (χ2v) is 6.64. The number of hydrogen-bond acceptors (Lipinski definition) is 6. The predicted octanol–water partition coefficient (Wildman–Crippen LogP) is 3.85. The molecule has 0 amide bonds. The number of aromatic amines is 1. The molecule has 27 heavy (non-hydrogen) atoms. The number of aromatic nitrogens is 4. The Bertz CT molecular complexity index is 968. The average molecular weight is 371 g/mol. The number of benzene rings is 1. The maximum Gasteiger partial charge on any atom is 0.223 e. The van der Waals surface area contributed by atoms with Crippen molar-refractivity contribution >= 4 is 23.4 Å². The standard InChI is InChI=1S/C18H19F2N7/c1-9(12-5-4-11(19)6-13(12)20)22-15-8-16(25-18(21)24-15)23-17-7-14(26-27-17)10-2-3-10/h4-10H,2-3H2,1H3,(H5,21,22,23,24,25,26,27). The number of nitrogen functional groups attached to an aromatic ring is 1. The molecular weight excluding hydrogens is 352 g/mol. The van der Waals surface area contributed by atoms with Crippen molar-refractivity contribution in [1.82, 2.24) is 20.2 Å². The zero-order valence-corrected chi connectivity index (χ0v) is 14.6. The van der Waals surface area contributed by atoms with Gasteiger partial charge in [0.2, 0.25) is 5.95 Å². The van der Waals surface area contributed by atoms with E-state index < -0.39 is 17.7 Å². The summed E-state index contributed by atoms with van der Waals surface area (Å²) in [5.74, 6) is 0.896. The SMILES string of the molecule is CC(Nc1cc(Nc2cc(C3CC3)[nH]n2)nc(N)n1)c1ccc(F)cc1F. The molecule has 2 aromatic heterocycles. The molecule has 9 heteroatoms. The van der Waals surface area contributed by atoms with E-state index in [9.17, 15) is 8.78 Å². The molecule has 3 aromatic rings. The summed E-state index contributed by atoms with van der Waals surface area (Å²) in [5, 5.41) is 13.4. The van der Waals surface area contributed by atoms with Crippen molar-refractivity contribution in [3.63, 3.8) is 0 Å². The number of H-pyrrole nitrogens is 1. The Labute approximate surface area is 154 Å². The molecule has 0 saturated heterocycles. The molecule has 1 aromatic carbocycles. The quantitative estimate of drug-likeness (QED) is 0.525. The van der Waals surface area contributed by atoms with E-state index in [1.807, 2.05) is 6.07 Å². The van der Waals surface area contributed by atoms with E-state index in [1.165, 1.54) is 25.0 Å². The Balaban J connectivity index is 1.50. The first-order valence-corrected chi connectivity index (χ1v) is 8.66. The van der Waals surface area contributed by atoms with E-state index in [1.54, 1.807) is 13.0 Å². The number of nitrogens with two attached hydrogens (primary N) is 1. The zero-order valence-electron chi connectivity index (χ0n) is 14.6. The van der Waals surface area contributed by atoms with E-state index in [0.29, 0.717) is 28.9 Å². The largest absolute Gasteiger partial charge is 0.368 e. The minimum absolute atomic E-state index is 0.0623. The van der Waals surface area contributed by atoms with E-state index in [-0.39, 0.29) is 5.95 Å². The van der Waals surface area contributed by atoms with Crippen LogP contribution in [0.3, 0.4) is 0 Å². The maximum atomic E-state index is 14.0. The smallest absolute Gasteiger partial charge is 0.223 e. The Morgan fingerprint density at radius 2 is 1.89 bits per heavy atom. The molecule has 0 aliphatic heterocycles. The molecule has 0 spiro atoms. The highest BCUT2D eigenvalue weighted by molar-refractivity contribution is 5.59. The number of hydrogen-bond donors (Lipinski definition) is 4. The fourth-order valence-electron chi connectivity index (χ4n) is 2.89. The molecule has 5 N–H and O–H groups in total. The van der Waals surface area contributed by atoms with Crippen LogP contribution in [0.5, 0.6) is 0 Å². The highest BCUT2D eigenvalue weighted by atomic mass is 19.1. The Hall–Kier alpha value is -3.23. The van der Waals surface area contributed by atoms with Crippen LogP contribution in [0.1, 0.15) is 43.0 Å². The van der Waals surface area contributed by atoms with Gasteiger partial charge < -0.3 is 16.4 Å². The van der Waals surface area contributed by atoms with Gasteiger partial charge in [0, 0.05) is 35.4 Å². The molecule has 1 atom stereocenters. The molecule has 7 nitrogen and oxygen atoms in total. The average Bonchev–Trinajstić information content (AvgIpc) is 3.34. The number of nitrogens with one attached hydrogen (secondary N) is 3. The van der Waals surface area contributed by atoms with Crippen LogP contribution in [-0.4, -0.2) is 20.2 Å². The van der Waals surface area contributed by atoms with Crippen LogP contribution in [-0.2, 0) is 0 Å². The van der Waals surface area contributed by atoms with Gasteiger partial charge in [0.15, 0.2) is 5.82 Å². The molecule has 2 heterocycles. The summed E-state index contributed by atoms with van der Waals surface area (Å²) in [6.45, 7) is 1.75. The van der Waals surface area contributed by atoms with Crippen molar-refractivity contribution in [2.45, 2.75) is 31.7 Å². The van der Waals surface area contributed by atoms with Crippen molar-refractivity contribution in [1.29, 1.82) is 0 Å². The van der Waals surface area contributed by atoms with Crippen molar-refractivity contribution in [3.8, 4) is 0 Å². The third kappa shape index (κ3) is 3.97. The zero-order chi connectivity index (χ0) is 19.0. The lowest BCUT2D eigenvalue weighted by Crippen LogP contribution is -2.12. The molecule has 1 saturated carbocycles. The Kier molecular flexibility index (Phi) is 4.35. The summed E-state index contributed by atoms with van der Waals surface area (Å²) in [4.78, 5) is 8.27. The van der Waals surface area contributed by atoms with Crippen molar-refractivity contribution < 1.29 is 8.78 Å². The van der Waals surface area contributed by atoms with Gasteiger partial charge in [-0.1, -0.05) is 6.07 Å². The molecule has 140 valence electrons. The molecular formula is C18H19F2N7. The van der Waals surface area contributed by atoms with Gasteiger partial charge in [-0.25, -0.2) is 8.78 Å². The topological polar surface area (TPSA) is 105 Å². The predicted molar refractivity (Wildman–Crippen MR) is 98.7 cm³/mol. The first-order valence-electron chi connectivity index (χ1n) is 8.66. The second-order valence-electron chi connectivity index (χ2n) is 6.64. The van der Waals surface area contributed by atoms with Crippen LogP contribution in [0.25, 0.3) is 0 Å². The van der Waals surface area contributed by atoms with Crippen LogP contribution in [0.2, 0.25) is 0 Å². The summed E-state index contributed by atoms with van der Waals surface area (Å²) < 4.78 is 27.1. The Morgan fingerprint density at radius 3 is 2.63 bits per heavy atom. The van der Waals surface area contributed by atoms with Gasteiger partial charge in [-0.05, 0) is 25.8 Å². The fourth-order valence-corrected chi connectivity index (χ4v) is 2.89. The summed E-state index contributed by atoms with van der Waals surface area (Å²) in [7, 11) is 0. The number of anilines is 4. The van der Waals surface area contributed by atoms with Gasteiger partial charge >= 0.3 is 0 Å². The first kappa shape index (κ1) is 17.2. The number of rotatable bonds is 6. The van der Waals surface area contributed by atoms with Crippen LogP contribution in [0.4, 0.5) is 32.2 Å². The first-order chi connectivity index (χ1) is 13.0. The lowest BCUT2D eigenvalue weighted by atomic mass is 10.1. The highest BCUT2D eigenvalue weighted by Gasteiger charge is 2.25. The van der Waals surface area contributed by atoms with Gasteiger partial charge in [0.25, 0.3) is 0 Å². The highest BCUT2D eigenvalue weighted by Crippen LogP contribution is 2.39. The van der Waals surface area contributed by atoms with Crippen LogP contribution in [0, 0.1) is 11.6 Å². The summed E-state index contributed by atoms with van der Waals surface area (Å²) in [6.07, 6.45) is 2.35. The second kappa shape index (κ2) is 6.82. The number of halogens is 2. The van der Waals surface area contributed by atoms with Gasteiger partial charge in [0.05, 0.1) is 6.04 Å². The van der Waals surface area contributed by atoms with Crippen molar-refractivity contribution in [2.75, 3.05) is 16.4 Å². The minimum Gasteiger partial charge on any atom is -0.368 e. The van der Waals surface area contributed by atoms with Crippen molar-refractivity contribution in [2.24, 2.45) is 0 Å². The lowest BCUT2D eigenvalue weighted by molar-refractivity contribution is 0.566. The number of nitrogens with zero attached hydrogens (tertiary/aromatic N) is 3. The van der Waals surface area contributed by atoms with Crippen LogP contribution in [0.15, 0.2) is 30.3 Å². The van der Waals surface area contributed by atoms with E-state index in [0.717, 1.165) is 11.8 Å². The monoisotopic (exact) mass is 371 g/mol. The van der Waals surface area contributed by atoms with Gasteiger partial charge in [-0.15, -0.1) is 0 Å². The molecule has 1 fully saturated rings. The third-order valence-corrected chi connectivity index (χ3v) is 4.41. The van der Waals surface area contributed by atoms with Gasteiger partial charge in [0.1, 0.15) is 23.3 Å². The van der Waals surface area contributed by atoms with Gasteiger partial charge in [-0.2, -0.15) is 15.1 Å². The minimum atomic E-state index is -0.625. The molecule has 0 radical (unpaired) electrons. The lowest BCUT2D eigenvalue weighted by Gasteiger charge is -2.16. The molecule has 4 rings (SSSR count). The maximum absolute atomic E-state index is 14.0. The molecule has 0 bridgehead atoms. The van der Waals surface area contributed by atoms with Crippen LogP contribution >= 0.6 is 0 Å². The summed E-state index contributed by atoms with van der Waals surface area (Å²) in [5.41, 5.74) is 7.21. The fraction of sp³-hybridized carbons (Fsp3) is 0.278. The van der Waals surface area contributed by atoms with E-state index in [2.05, 4.69) is 30.8 Å². The summed E-state index contributed by atoms with van der Waals surface area (Å²) >= 11 is 0. The normalized spacial score (nSPS) is 14.8. The van der Waals surface area contributed by atoms with Gasteiger partial charge in [-0.3, -0.25) is 5.10 Å². The van der Waals surface area contributed by atoms with E-state index in [4.69, 9.17) is 5.73 Å². The summed E-state index contributed by atoms with van der Waals surface area (Å²) in [6, 6.07) is 6.62. The van der Waals surface area contributed by atoms with Crippen molar-refractivity contribution in [3.05, 3.63) is 53.2 Å². The Morgan fingerprint density at radius 1 is 1.11 bits per heavy atom. The van der Waals surface area contributed by atoms with E-state index >= 15 is 0 Å². The molecule has 1 aliphatic carbocycles.